The topological polar surface area (TPSA) is 38.8 Å². The minimum absolute atomic E-state index is 0.0743. The van der Waals surface area contributed by atoms with Gasteiger partial charge in [0.1, 0.15) is 5.60 Å². The Kier molecular flexibility index (Phi) is 2.73. The summed E-state index contributed by atoms with van der Waals surface area (Å²) in [6, 6.07) is 0. The molecule has 0 aromatic carbocycles. The first-order chi connectivity index (χ1) is 7.03. The molecule has 2 aliphatic heterocycles. The summed E-state index contributed by atoms with van der Waals surface area (Å²) in [5, 5.41) is 0. The molecular formula is C11H19NO3. The standard InChI is InChI=1S/C11H19NO3/c1-11(2,14-3)10(13)12-6-8-4-5-9(7-12)15-8/h8-9H,4-7H2,1-3H3. The van der Waals surface area contributed by atoms with Crippen LogP contribution in [0.25, 0.3) is 0 Å². The van der Waals surface area contributed by atoms with Crippen LogP contribution in [-0.4, -0.2) is 48.8 Å². The summed E-state index contributed by atoms with van der Waals surface area (Å²) >= 11 is 0. The first kappa shape index (κ1) is 10.9. The van der Waals surface area contributed by atoms with E-state index < -0.39 is 5.60 Å². The molecule has 2 fully saturated rings. The quantitative estimate of drug-likeness (QED) is 0.681. The lowest BCUT2D eigenvalue weighted by Gasteiger charge is -2.36. The van der Waals surface area contributed by atoms with Crippen LogP contribution in [0.4, 0.5) is 0 Å². The fourth-order valence-corrected chi connectivity index (χ4v) is 2.25. The van der Waals surface area contributed by atoms with Crippen LogP contribution in [-0.2, 0) is 14.3 Å². The molecule has 0 N–H and O–H groups in total. The number of amides is 1. The number of rotatable bonds is 2. The second-order valence-corrected chi connectivity index (χ2v) is 4.88. The van der Waals surface area contributed by atoms with E-state index in [1.54, 1.807) is 7.11 Å². The van der Waals surface area contributed by atoms with Crippen LogP contribution in [0.15, 0.2) is 0 Å². The maximum Gasteiger partial charge on any atom is 0.254 e. The van der Waals surface area contributed by atoms with Gasteiger partial charge in [-0.25, -0.2) is 0 Å². The number of morpholine rings is 1. The van der Waals surface area contributed by atoms with E-state index in [1.807, 2.05) is 18.7 Å². The van der Waals surface area contributed by atoms with Gasteiger partial charge in [-0.15, -0.1) is 0 Å². The lowest BCUT2D eigenvalue weighted by molar-refractivity contribution is -0.159. The number of ether oxygens (including phenoxy) is 2. The molecule has 0 aliphatic carbocycles. The van der Waals surface area contributed by atoms with E-state index in [-0.39, 0.29) is 18.1 Å². The van der Waals surface area contributed by atoms with Gasteiger partial charge in [0, 0.05) is 20.2 Å². The Morgan fingerprint density at radius 1 is 1.33 bits per heavy atom. The molecule has 1 amide bonds. The van der Waals surface area contributed by atoms with Crippen molar-refractivity contribution in [1.29, 1.82) is 0 Å². The SMILES string of the molecule is COC(C)(C)C(=O)N1CC2CCC(C1)O2. The lowest BCUT2D eigenvalue weighted by atomic mass is 10.1. The van der Waals surface area contributed by atoms with Crippen molar-refractivity contribution in [2.24, 2.45) is 0 Å². The van der Waals surface area contributed by atoms with Gasteiger partial charge in [0.25, 0.3) is 5.91 Å². The average molecular weight is 213 g/mol. The predicted octanol–water partition coefficient (Wildman–Crippen LogP) is 0.801. The summed E-state index contributed by atoms with van der Waals surface area (Å²) in [5.41, 5.74) is -0.712. The zero-order valence-corrected chi connectivity index (χ0v) is 9.66. The van der Waals surface area contributed by atoms with Gasteiger partial charge in [0.15, 0.2) is 0 Å². The zero-order chi connectivity index (χ0) is 11.1. The van der Waals surface area contributed by atoms with Crippen LogP contribution in [0.5, 0.6) is 0 Å². The van der Waals surface area contributed by atoms with E-state index in [9.17, 15) is 4.79 Å². The van der Waals surface area contributed by atoms with Gasteiger partial charge < -0.3 is 14.4 Å². The maximum absolute atomic E-state index is 12.1. The van der Waals surface area contributed by atoms with E-state index in [4.69, 9.17) is 9.47 Å². The summed E-state index contributed by atoms with van der Waals surface area (Å²) in [4.78, 5) is 14.0. The Bertz CT molecular complexity index is 253. The summed E-state index contributed by atoms with van der Waals surface area (Å²) in [6.07, 6.45) is 2.67. The monoisotopic (exact) mass is 213 g/mol. The third kappa shape index (κ3) is 2.01. The number of likely N-dealkylation sites (tertiary alicyclic amines) is 1. The normalized spacial score (nSPS) is 30.7. The molecule has 2 aliphatic rings. The molecule has 2 saturated heterocycles. The molecule has 2 unspecified atom stereocenters. The van der Waals surface area contributed by atoms with Crippen molar-refractivity contribution in [1.82, 2.24) is 4.90 Å². The maximum atomic E-state index is 12.1. The van der Waals surface area contributed by atoms with Crippen LogP contribution in [0.3, 0.4) is 0 Å². The minimum Gasteiger partial charge on any atom is -0.371 e. The Morgan fingerprint density at radius 2 is 1.87 bits per heavy atom. The van der Waals surface area contributed by atoms with Crippen LogP contribution >= 0.6 is 0 Å². The van der Waals surface area contributed by atoms with Crippen molar-refractivity contribution in [3.8, 4) is 0 Å². The molecule has 0 saturated carbocycles. The molecule has 15 heavy (non-hydrogen) atoms. The van der Waals surface area contributed by atoms with Crippen molar-refractivity contribution >= 4 is 5.91 Å². The van der Waals surface area contributed by atoms with Gasteiger partial charge in [-0.05, 0) is 26.7 Å². The molecule has 86 valence electrons. The van der Waals surface area contributed by atoms with E-state index in [0.29, 0.717) is 0 Å². The summed E-state index contributed by atoms with van der Waals surface area (Å²) < 4.78 is 10.9. The second-order valence-electron chi connectivity index (χ2n) is 4.88. The molecule has 2 heterocycles. The van der Waals surface area contributed by atoms with Gasteiger partial charge in [0.05, 0.1) is 12.2 Å². The first-order valence-corrected chi connectivity index (χ1v) is 5.53. The molecule has 4 nitrogen and oxygen atoms in total. The van der Waals surface area contributed by atoms with Crippen molar-refractivity contribution in [2.45, 2.75) is 44.5 Å². The molecule has 0 aromatic rings. The molecule has 2 atom stereocenters. The summed E-state index contributed by atoms with van der Waals surface area (Å²) in [6.45, 7) is 5.07. The number of carbonyl (C=O) groups is 1. The Hall–Kier alpha value is -0.610. The van der Waals surface area contributed by atoms with Crippen LogP contribution in [0.2, 0.25) is 0 Å². The van der Waals surface area contributed by atoms with E-state index >= 15 is 0 Å². The molecule has 4 heteroatoms. The van der Waals surface area contributed by atoms with E-state index in [0.717, 1.165) is 25.9 Å². The Morgan fingerprint density at radius 3 is 2.33 bits per heavy atom. The third-order valence-electron chi connectivity index (χ3n) is 3.36. The second kappa shape index (κ2) is 3.76. The van der Waals surface area contributed by atoms with Gasteiger partial charge in [0.2, 0.25) is 0 Å². The van der Waals surface area contributed by atoms with Gasteiger partial charge in [-0.2, -0.15) is 0 Å². The van der Waals surface area contributed by atoms with E-state index in [1.165, 1.54) is 0 Å². The number of fused-ring (bicyclic) bond motifs is 2. The highest BCUT2D eigenvalue weighted by molar-refractivity contribution is 5.84. The number of hydrogen-bond acceptors (Lipinski definition) is 3. The van der Waals surface area contributed by atoms with Gasteiger partial charge in [-0.3, -0.25) is 4.79 Å². The Labute approximate surface area is 90.5 Å². The lowest BCUT2D eigenvalue weighted by Crippen LogP contribution is -2.53. The highest BCUT2D eigenvalue weighted by atomic mass is 16.5. The Balaban J connectivity index is 2.03. The average Bonchev–Trinajstić information content (AvgIpc) is 2.56. The molecule has 0 aromatic heterocycles. The van der Waals surface area contributed by atoms with Crippen molar-refractivity contribution in [3.63, 3.8) is 0 Å². The highest BCUT2D eigenvalue weighted by Crippen LogP contribution is 2.27. The minimum atomic E-state index is -0.712. The van der Waals surface area contributed by atoms with Crippen LogP contribution in [0, 0.1) is 0 Å². The van der Waals surface area contributed by atoms with Crippen molar-refractivity contribution < 1.29 is 14.3 Å². The molecular weight excluding hydrogens is 194 g/mol. The molecule has 0 spiro atoms. The van der Waals surface area contributed by atoms with Gasteiger partial charge >= 0.3 is 0 Å². The first-order valence-electron chi connectivity index (χ1n) is 5.53. The smallest absolute Gasteiger partial charge is 0.254 e. The fraction of sp³-hybridized carbons (Fsp3) is 0.909. The van der Waals surface area contributed by atoms with Crippen LogP contribution < -0.4 is 0 Å². The summed E-state index contributed by atoms with van der Waals surface area (Å²) in [7, 11) is 1.58. The van der Waals surface area contributed by atoms with Crippen LogP contribution in [0.1, 0.15) is 26.7 Å². The number of methoxy groups -OCH3 is 1. The van der Waals surface area contributed by atoms with E-state index in [2.05, 4.69) is 0 Å². The highest BCUT2D eigenvalue weighted by Gasteiger charge is 2.40. The largest absolute Gasteiger partial charge is 0.371 e. The molecule has 2 bridgehead atoms. The van der Waals surface area contributed by atoms with Crippen molar-refractivity contribution in [3.05, 3.63) is 0 Å². The number of carbonyl (C=O) groups excluding carboxylic acids is 1. The summed E-state index contributed by atoms with van der Waals surface area (Å²) in [5.74, 6) is 0.0743. The van der Waals surface area contributed by atoms with Gasteiger partial charge in [-0.1, -0.05) is 0 Å². The zero-order valence-electron chi connectivity index (χ0n) is 9.66. The number of hydrogen-bond donors (Lipinski definition) is 0. The third-order valence-corrected chi connectivity index (χ3v) is 3.36. The fourth-order valence-electron chi connectivity index (χ4n) is 2.25. The van der Waals surface area contributed by atoms with Crippen molar-refractivity contribution in [2.75, 3.05) is 20.2 Å². The molecule has 2 rings (SSSR count). The number of nitrogens with zero attached hydrogens (tertiary/aromatic N) is 1. The predicted molar refractivity (Wildman–Crippen MR) is 55.6 cm³/mol. The molecule has 0 radical (unpaired) electrons.